The van der Waals surface area contributed by atoms with Crippen molar-refractivity contribution in [2.75, 3.05) is 0 Å². The quantitative estimate of drug-likeness (QED) is 0.877. The number of para-hydroxylation sites is 1. The van der Waals surface area contributed by atoms with Crippen molar-refractivity contribution in [2.24, 2.45) is 0 Å². The molecule has 1 unspecified atom stereocenters. The zero-order valence-electron chi connectivity index (χ0n) is 10.2. The lowest BCUT2D eigenvalue weighted by molar-refractivity contribution is -0.137. The molecule has 2 aromatic rings. The minimum Gasteiger partial charge on any atom is -0.481 e. The van der Waals surface area contributed by atoms with Crippen LogP contribution in [0.15, 0.2) is 30.5 Å². The largest absolute Gasteiger partial charge is 0.481 e. The Morgan fingerprint density at radius 3 is 2.82 bits per heavy atom. The number of aliphatic carboxylic acids is 1. The first-order chi connectivity index (χ1) is 8.13. The molecule has 0 aliphatic rings. The molecule has 3 nitrogen and oxygen atoms in total. The van der Waals surface area contributed by atoms with Crippen LogP contribution in [-0.2, 0) is 11.3 Å². The molecule has 2 rings (SSSR count). The van der Waals surface area contributed by atoms with Crippen LogP contribution in [0.25, 0.3) is 10.9 Å². The van der Waals surface area contributed by atoms with E-state index in [1.807, 2.05) is 19.1 Å². The van der Waals surface area contributed by atoms with E-state index in [1.165, 1.54) is 10.9 Å². The van der Waals surface area contributed by atoms with Crippen molar-refractivity contribution < 1.29 is 9.90 Å². The second kappa shape index (κ2) is 4.62. The van der Waals surface area contributed by atoms with E-state index in [-0.39, 0.29) is 12.3 Å². The van der Waals surface area contributed by atoms with Gasteiger partial charge >= 0.3 is 5.97 Å². The summed E-state index contributed by atoms with van der Waals surface area (Å²) in [5.74, 6) is -0.708. The summed E-state index contributed by atoms with van der Waals surface area (Å²) >= 11 is 0. The number of carbonyl (C=O) groups is 1. The Hall–Kier alpha value is -1.77. The first-order valence-corrected chi connectivity index (χ1v) is 5.93. The topological polar surface area (TPSA) is 42.2 Å². The van der Waals surface area contributed by atoms with Gasteiger partial charge in [0, 0.05) is 12.7 Å². The first kappa shape index (κ1) is 11.7. The van der Waals surface area contributed by atoms with Gasteiger partial charge in [-0.3, -0.25) is 4.79 Å². The molecule has 0 fully saturated rings. The number of carboxylic acids is 1. The smallest absolute Gasteiger partial charge is 0.303 e. The van der Waals surface area contributed by atoms with Crippen LogP contribution in [0.3, 0.4) is 0 Å². The monoisotopic (exact) mass is 231 g/mol. The van der Waals surface area contributed by atoms with E-state index in [0.717, 1.165) is 12.1 Å². The van der Waals surface area contributed by atoms with Gasteiger partial charge in [-0.1, -0.05) is 25.1 Å². The molecule has 90 valence electrons. The normalized spacial score (nSPS) is 12.8. The van der Waals surface area contributed by atoms with Crippen LogP contribution in [0.5, 0.6) is 0 Å². The summed E-state index contributed by atoms with van der Waals surface area (Å²) in [5.41, 5.74) is 2.29. The van der Waals surface area contributed by atoms with Crippen molar-refractivity contribution in [1.29, 1.82) is 0 Å². The summed E-state index contributed by atoms with van der Waals surface area (Å²) in [5, 5.41) is 10.1. The third kappa shape index (κ3) is 2.18. The van der Waals surface area contributed by atoms with E-state index in [0.29, 0.717) is 0 Å². The lowest BCUT2D eigenvalue weighted by Crippen LogP contribution is -2.05. The molecule has 0 spiro atoms. The average molecular weight is 231 g/mol. The van der Waals surface area contributed by atoms with Gasteiger partial charge < -0.3 is 9.67 Å². The summed E-state index contributed by atoms with van der Waals surface area (Å²) in [4.78, 5) is 10.8. The molecule has 1 atom stereocenters. The third-order valence-corrected chi connectivity index (χ3v) is 3.17. The van der Waals surface area contributed by atoms with Crippen molar-refractivity contribution in [1.82, 2.24) is 4.57 Å². The summed E-state index contributed by atoms with van der Waals surface area (Å²) < 4.78 is 2.17. The Kier molecular flexibility index (Phi) is 3.18. The van der Waals surface area contributed by atoms with E-state index in [2.05, 4.69) is 29.8 Å². The van der Waals surface area contributed by atoms with Crippen molar-refractivity contribution >= 4 is 16.9 Å². The Labute approximate surface area is 101 Å². The standard InChI is InChI=1S/C14H17NO2/c1-3-15-8-7-11-5-4-6-12(14(11)15)10(2)9-13(16)17/h4-8,10H,3,9H2,1-2H3,(H,16,17). The van der Waals surface area contributed by atoms with Crippen LogP contribution < -0.4 is 0 Å². The van der Waals surface area contributed by atoms with Gasteiger partial charge in [0.05, 0.1) is 11.9 Å². The van der Waals surface area contributed by atoms with E-state index < -0.39 is 5.97 Å². The van der Waals surface area contributed by atoms with E-state index in [1.54, 1.807) is 0 Å². The van der Waals surface area contributed by atoms with Gasteiger partial charge in [0.25, 0.3) is 0 Å². The maximum Gasteiger partial charge on any atom is 0.303 e. The SMILES string of the molecule is CCn1ccc2cccc(C(C)CC(=O)O)c21. The predicted molar refractivity (Wildman–Crippen MR) is 68.3 cm³/mol. The highest BCUT2D eigenvalue weighted by Gasteiger charge is 2.14. The highest BCUT2D eigenvalue weighted by Crippen LogP contribution is 2.28. The molecule has 0 aliphatic heterocycles. The second-order valence-corrected chi connectivity index (χ2v) is 4.39. The van der Waals surface area contributed by atoms with Crippen LogP contribution in [0.2, 0.25) is 0 Å². The highest BCUT2D eigenvalue weighted by molar-refractivity contribution is 5.84. The van der Waals surface area contributed by atoms with Crippen LogP contribution in [0, 0.1) is 0 Å². The molecule has 3 heteroatoms. The van der Waals surface area contributed by atoms with Gasteiger partial charge in [-0.05, 0) is 29.9 Å². The Morgan fingerprint density at radius 1 is 1.41 bits per heavy atom. The molecule has 0 bridgehead atoms. The molecule has 0 radical (unpaired) electrons. The first-order valence-electron chi connectivity index (χ1n) is 5.93. The molecule has 0 amide bonds. The van der Waals surface area contributed by atoms with Crippen LogP contribution >= 0.6 is 0 Å². The third-order valence-electron chi connectivity index (χ3n) is 3.17. The predicted octanol–water partition coefficient (Wildman–Crippen LogP) is 3.24. The van der Waals surface area contributed by atoms with Crippen LogP contribution in [0.4, 0.5) is 0 Å². The zero-order valence-corrected chi connectivity index (χ0v) is 10.2. The van der Waals surface area contributed by atoms with E-state index in [9.17, 15) is 4.79 Å². The fourth-order valence-corrected chi connectivity index (χ4v) is 2.32. The van der Waals surface area contributed by atoms with Gasteiger partial charge in [-0.2, -0.15) is 0 Å². The van der Waals surface area contributed by atoms with Crippen LogP contribution in [-0.4, -0.2) is 15.6 Å². The maximum atomic E-state index is 10.8. The van der Waals surface area contributed by atoms with Gasteiger partial charge in [0.2, 0.25) is 0 Å². The number of fused-ring (bicyclic) bond motifs is 1. The Balaban J connectivity index is 2.52. The molecule has 17 heavy (non-hydrogen) atoms. The van der Waals surface area contributed by atoms with E-state index in [4.69, 9.17) is 5.11 Å². The summed E-state index contributed by atoms with van der Waals surface area (Å²) in [6.45, 7) is 4.97. The minimum absolute atomic E-state index is 0.0383. The Bertz CT molecular complexity index is 542. The fourth-order valence-electron chi connectivity index (χ4n) is 2.32. The molecular weight excluding hydrogens is 214 g/mol. The van der Waals surface area contributed by atoms with Crippen LogP contribution in [0.1, 0.15) is 31.7 Å². The number of aromatic nitrogens is 1. The Morgan fingerprint density at radius 2 is 2.18 bits per heavy atom. The number of nitrogens with zero attached hydrogens (tertiary/aromatic N) is 1. The number of hydrogen-bond donors (Lipinski definition) is 1. The summed E-state index contributed by atoms with van der Waals surface area (Å²) in [6, 6.07) is 8.17. The molecule has 1 aromatic heterocycles. The van der Waals surface area contributed by atoms with Crippen molar-refractivity contribution in [3.8, 4) is 0 Å². The van der Waals surface area contributed by atoms with Crippen molar-refractivity contribution in [3.63, 3.8) is 0 Å². The molecule has 0 aliphatic carbocycles. The zero-order chi connectivity index (χ0) is 12.4. The molecule has 1 heterocycles. The number of hydrogen-bond acceptors (Lipinski definition) is 1. The minimum atomic E-state index is -0.746. The number of carboxylic acid groups (broad SMARTS) is 1. The molecule has 0 saturated carbocycles. The maximum absolute atomic E-state index is 10.8. The fraction of sp³-hybridized carbons (Fsp3) is 0.357. The molecule has 1 N–H and O–H groups in total. The molecular formula is C14H17NO2. The van der Waals surface area contributed by atoms with Gasteiger partial charge in [0.15, 0.2) is 0 Å². The van der Waals surface area contributed by atoms with Gasteiger partial charge in [-0.15, -0.1) is 0 Å². The summed E-state index contributed by atoms with van der Waals surface area (Å²) in [6.07, 6.45) is 2.23. The molecule has 0 saturated heterocycles. The lowest BCUT2D eigenvalue weighted by atomic mass is 9.96. The van der Waals surface area contributed by atoms with Crippen molar-refractivity contribution in [3.05, 3.63) is 36.0 Å². The van der Waals surface area contributed by atoms with Gasteiger partial charge in [0.1, 0.15) is 0 Å². The molecule has 1 aromatic carbocycles. The second-order valence-electron chi connectivity index (χ2n) is 4.39. The lowest BCUT2D eigenvalue weighted by Gasteiger charge is -2.13. The summed E-state index contributed by atoms with van der Waals surface area (Å²) in [7, 11) is 0. The average Bonchev–Trinajstić information content (AvgIpc) is 2.70. The van der Waals surface area contributed by atoms with E-state index >= 15 is 0 Å². The number of benzene rings is 1. The number of aryl methyl sites for hydroxylation is 1. The van der Waals surface area contributed by atoms with Gasteiger partial charge in [-0.25, -0.2) is 0 Å². The van der Waals surface area contributed by atoms with Crippen molar-refractivity contribution in [2.45, 2.75) is 32.7 Å². The highest BCUT2D eigenvalue weighted by atomic mass is 16.4. The number of rotatable bonds is 4.